The molecule has 2 fully saturated rings. The molecule has 26 heavy (non-hydrogen) atoms. The quantitative estimate of drug-likeness (QED) is 0.506. The first-order valence-corrected chi connectivity index (χ1v) is 10.8. The van der Waals surface area contributed by atoms with E-state index >= 15 is 0 Å². The van der Waals surface area contributed by atoms with Gasteiger partial charge in [0.15, 0.2) is 17.7 Å². The highest BCUT2D eigenvalue weighted by molar-refractivity contribution is 8.07. The number of cyclic esters (lactones) is 1. The van der Waals surface area contributed by atoms with Gasteiger partial charge in [-0.2, -0.15) is 0 Å². The second kappa shape index (κ2) is 6.13. The van der Waals surface area contributed by atoms with Gasteiger partial charge in [0.05, 0.1) is 19.8 Å². The Kier molecular flexibility index (Phi) is 4.39. The van der Waals surface area contributed by atoms with Crippen molar-refractivity contribution in [2.24, 2.45) is 0 Å². The van der Waals surface area contributed by atoms with Gasteiger partial charge in [-0.25, -0.2) is 4.79 Å². The van der Waals surface area contributed by atoms with Crippen molar-refractivity contribution >= 4 is 24.5 Å². The lowest BCUT2D eigenvalue weighted by Crippen LogP contribution is -2.33. The summed E-state index contributed by atoms with van der Waals surface area (Å²) in [7, 11) is 0. The lowest BCUT2D eigenvalue weighted by molar-refractivity contribution is -0.163. The third kappa shape index (κ3) is 3.52. The fraction of sp³-hybridized carbons (Fsp3) is 0.800. The van der Waals surface area contributed by atoms with Crippen LogP contribution in [0.15, 0.2) is 11.5 Å². The van der Waals surface area contributed by atoms with Crippen LogP contribution >= 0.6 is 6.72 Å². The molecule has 2 saturated heterocycles. The van der Waals surface area contributed by atoms with Gasteiger partial charge < -0.3 is 32.7 Å². The van der Waals surface area contributed by atoms with Crippen molar-refractivity contribution in [3.05, 3.63) is 11.5 Å². The van der Waals surface area contributed by atoms with Crippen molar-refractivity contribution < 1.29 is 42.1 Å². The van der Waals surface area contributed by atoms with Gasteiger partial charge in [-0.05, 0) is 27.7 Å². The molecule has 0 N–H and O–H groups in total. The highest BCUT2D eigenvalue weighted by Gasteiger charge is 2.54. The molecule has 4 aliphatic heterocycles. The van der Waals surface area contributed by atoms with Crippen molar-refractivity contribution in [2.75, 3.05) is 19.8 Å². The zero-order chi connectivity index (χ0) is 18.7. The molecular formula is C15H21O9PS. The molecule has 146 valence electrons. The molecule has 0 bridgehead atoms. The first-order valence-electron chi connectivity index (χ1n) is 8.28. The van der Waals surface area contributed by atoms with E-state index in [1.54, 1.807) is 13.8 Å². The predicted molar refractivity (Wildman–Crippen MR) is 89.1 cm³/mol. The Bertz CT molecular complexity index is 703. The SMILES string of the molecule is CC1(C)OCC(COP2(=S)OC3=C(O2)[C@@H]([C@@H]2COC(C)(C)O2)OC3=O)O1. The fourth-order valence-corrected chi connectivity index (χ4v) is 5.01. The van der Waals surface area contributed by atoms with Crippen molar-refractivity contribution in [3.63, 3.8) is 0 Å². The second-order valence-electron chi connectivity index (χ2n) is 7.26. The van der Waals surface area contributed by atoms with Crippen LogP contribution in [-0.4, -0.2) is 55.7 Å². The minimum atomic E-state index is -3.16. The van der Waals surface area contributed by atoms with Gasteiger partial charge in [-0.15, -0.1) is 0 Å². The number of carbonyl (C=O) groups excluding carboxylic acids is 1. The Balaban J connectivity index is 1.40. The lowest BCUT2D eigenvalue weighted by atomic mass is 10.2. The van der Waals surface area contributed by atoms with Gasteiger partial charge in [-0.3, -0.25) is 4.52 Å². The van der Waals surface area contributed by atoms with Crippen LogP contribution in [0.1, 0.15) is 27.7 Å². The maximum Gasteiger partial charge on any atom is 0.435 e. The first-order chi connectivity index (χ1) is 12.1. The van der Waals surface area contributed by atoms with E-state index < -0.39 is 36.5 Å². The van der Waals surface area contributed by atoms with Crippen LogP contribution in [-0.2, 0) is 53.9 Å². The Morgan fingerprint density at radius 3 is 2.42 bits per heavy atom. The largest absolute Gasteiger partial charge is 0.445 e. The van der Waals surface area contributed by atoms with Crippen molar-refractivity contribution in [3.8, 4) is 0 Å². The van der Waals surface area contributed by atoms with Crippen LogP contribution in [0.5, 0.6) is 0 Å². The van der Waals surface area contributed by atoms with Crippen molar-refractivity contribution in [2.45, 2.75) is 57.6 Å². The van der Waals surface area contributed by atoms with E-state index in [0.29, 0.717) is 6.61 Å². The summed E-state index contributed by atoms with van der Waals surface area (Å²) in [5.74, 6) is -1.90. The molecule has 4 rings (SSSR count). The smallest absolute Gasteiger partial charge is 0.435 e. The molecule has 0 spiro atoms. The van der Waals surface area contributed by atoms with E-state index in [2.05, 4.69) is 0 Å². The second-order valence-corrected chi connectivity index (χ2v) is 10.1. The summed E-state index contributed by atoms with van der Waals surface area (Å²) in [6.45, 7) is 4.81. The molecule has 9 nitrogen and oxygen atoms in total. The van der Waals surface area contributed by atoms with E-state index in [9.17, 15) is 4.79 Å². The molecule has 0 aliphatic carbocycles. The van der Waals surface area contributed by atoms with Crippen LogP contribution in [0.25, 0.3) is 0 Å². The molecule has 4 atom stereocenters. The predicted octanol–water partition coefficient (Wildman–Crippen LogP) is 1.71. The zero-order valence-corrected chi connectivity index (χ0v) is 16.6. The summed E-state index contributed by atoms with van der Waals surface area (Å²) in [6.07, 6.45) is -1.56. The van der Waals surface area contributed by atoms with Gasteiger partial charge in [0.25, 0.3) is 5.76 Å². The third-order valence-electron chi connectivity index (χ3n) is 4.17. The van der Waals surface area contributed by atoms with Crippen molar-refractivity contribution in [1.82, 2.24) is 0 Å². The molecule has 11 heteroatoms. The molecule has 0 radical (unpaired) electrons. The minimum absolute atomic E-state index is 0.0458. The minimum Gasteiger partial charge on any atom is -0.445 e. The molecule has 0 aromatic heterocycles. The summed E-state index contributed by atoms with van der Waals surface area (Å²) >= 11 is 5.37. The van der Waals surface area contributed by atoms with Crippen LogP contribution in [0.4, 0.5) is 0 Å². The average molecular weight is 408 g/mol. The van der Waals surface area contributed by atoms with E-state index in [1.165, 1.54) is 0 Å². The normalized spacial score (nSPS) is 40.3. The highest BCUT2D eigenvalue weighted by atomic mass is 32.5. The molecule has 0 amide bonds. The van der Waals surface area contributed by atoms with E-state index in [0.717, 1.165) is 0 Å². The summed E-state index contributed by atoms with van der Waals surface area (Å²) in [6, 6.07) is 0. The monoisotopic (exact) mass is 408 g/mol. The topological polar surface area (TPSA) is 90.9 Å². The average Bonchev–Trinajstić information content (AvgIpc) is 3.23. The Labute approximate surface area is 156 Å². The Morgan fingerprint density at radius 1 is 1.12 bits per heavy atom. The number of hydrogen-bond acceptors (Lipinski definition) is 10. The molecular weight excluding hydrogens is 387 g/mol. The number of ether oxygens (including phenoxy) is 5. The Morgan fingerprint density at radius 2 is 1.81 bits per heavy atom. The maximum atomic E-state index is 12.1. The van der Waals surface area contributed by atoms with E-state index in [1.807, 2.05) is 13.8 Å². The van der Waals surface area contributed by atoms with E-state index in [-0.39, 0.29) is 30.8 Å². The standard InChI is InChI=1S/C15H21O9PS/c1-14(2)17-5-8(21-14)6-19-25(26)23-11-10(20-13(16)12(11)24-25)9-7-18-15(3,4)22-9/h8-10H,5-7H2,1-4H3/t8?,9-,10+,25?/m0/s1. The number of hydrogen-bond donors (Lipinski definition) is 0. The van der Waals surface area contributed by atoms with Gasteiger partial charge >= 0.3 is 12.7 Å². The van der Waals surface area contributed by atoms with Crippen LogP contribution < -0.4 is 0 Å². The summed E-state index contributed by atoms with van der Waals surface area (Å²) in [4.78, 5) is 12.1. The van der Waals surface area contributed by atoms with Gasteiger partial charge in [0.1, 0.15) is 12.2 Å². The lowest BCUT2D eigenvalue weighted by Gasteiger charge is -2.24. The van der Waals surface area contributed by atoms with Crippen LogP contribution in [0.3, 0.4) is 0 Å². The van der Waals surface area contributed by atoms with Gasteiger partial charge in [0.2, 0.25) is 5.76 Å². The fourth-order valence-electron chi connectivity index (χ4n) is 3.06. The van der Waals surface area contributed by atoms with Gasteiger partial charge in [0, 0.05) is 11.8 Å². The summed E-state index contributed by atoms with van der Waals surface area (Å²) in [5.41, 5.74) is 0. The van der Waals surface area contributed by atoms with Crippen LogP contribution in [0, 0.1) is 0 Å². The zero-order valence-electron chi connectivity index (χ0n) is 14.9. The summed E-state index contributed by atoms with van der Waals surface area (Å²) in [5, 5.41) is 0. The highest BCUT2D eigenvalue weighted by Crippen LogP contribution is 2.62. The van der Waals surface area contributed by atoms with E-state index in [4.69, 9.17) is 49.1 Å². The number of esters is 1. The number of rotatable bonds is 4. The van der Waals surface area contributed by atoms with Crippen molar-refractivity contribution in [1.29, 1.82) is 0 Å². The molecule has 0 aromatic carbocycles. The first kappa shape index (κ1) is 18.6. The molecule has 2 unspecified atom stereocenters. The molecule has 0 aromatic rings. The molecule has 4 heterocycles. The third-order valence-corrected chi connectivity index (χ3v) is 6.22. The molecule has 0 saturated carbocycles. The maximum absolute atomic E-state index is 12.1. The van der Waals surface area contributed by atoms with Gasteiger partial charge in [-0.1, -0.05) is 0 Å². The molecule has 4 aliphatic rings. The number of carbonyl (C=O) groups is 1. The van der Waals surface area contributed by atoms with Crippen LogP contribution in [0.2, 0.25) is 0 Å². The Hall–Kier alpha value is -0.740. The summed E-state index contributed by atoms with van der Waals surface area (Å²) < 4.78 is 44.7.